The van der Waals surface area contributed by atoms with Gasteiger partial charge in [-0.25, -0.2) is 4.39 Å². The monoisotopic (exact) mass is 420 g/mol. The normalized spacial score (nSPS) is 20.5. The molecule has 1 aromatic carbocycles. The van der Waals surface area contributed by atoms with Crippen LogP contribution in [-0.2, 0) is 16.6 Å². The van der Waals surface area contributed by atoms with Crippen molar-refractivity contribution in [1.82, 2.24) is 9.55 Å². The molecule has 1 aromatic heterocycles. The summed E-state index contributed by atoms with van der Waals surface area (Å²) in [7, 11) is 1.76. The molecule has 0 aliphatic heterocycles. The van der Waals surface area contributed by atoms with Crippen LogP contribution in [0.4, 0.5) is 4.39 Å². The van der Waals surface area contributed by atoms with Crippen molar-refractivity contribution in [1.29, 1.82) is 0 Å². The number of benzene rings is 1. The zero-order valence-electron chi connectivity index (χ0n) is 18.6. The van der Waals surface area contributed by atoms with E-state index in [1.165, 1.54) is 0 Å². The molecule has 6 nitrogen and oxygen atoms in total. The van der Waals surface area contributed by atoms with Gasteiger partial charge in [-0.15, -0.1) is 0 Å². The molecule has 166 valence electrons. The maximum atomic E-state index is 14.9. The van der Waals surface area contributed by atoms with Gasteiger partial charge in [0.2, 0.25) is 0 Å². The lowest BCUT2D eigenvalue weighted by atomic mass is 9.95. The number of halogens is 1. The van der Waals surface area contributed by atoms with Gasteiger partial charge in [0.1, 0.15) is 17.4 Å². The molecule has 1 atom stereocenters. The molecular formula is C23H33FN2O4. The summed E-state index contributed by atoms with van der Waals surface area (Å²) >= 11 is 0. The maximum absolute atomic E-state index is 14.9. The minimum Gasteiger partial charge on any atom is -0.488 e. The van der Waals surface area contributed by atoms with Gasteiger partial charge in [0.05, 0.1) is 17.7 Å². The molecule has 1 aliphatic rings. The lowest BCUT2D eigenvalue weighted by Gasteiger charge is -2.29. The second-order valence-electron chi connectivity index (χ2n) is 8.73. The number of carbonyl (C=O) groups is 1. The number of ketones is 1. The Balaban J connectivity index is 1.58. The summed E-state index contributed by atoms with van der Waals surface area (Å²) in [6.45, 7) is 8.00. The van der Waals surface area contributed by atoms with Crippen LogP contribution in [0.5, 0.6) is 11.8 Å². The molecule has 0 unspecified atom stereocenters. The van der Waals surface area contributed by atoms with Crippen molar-refractivity contribution in [2.75, 3.05) is 6.61 Å². The largest absolute Gasteiger partial charge is 0.488 e. The number of fused-ring (bicyclic) bond motifs is 1. The SMILES string of the molecule is CC(=O)C[C@@H](C)COC1CCC(Oc2nc3ccc(OC(C)C)c(F)c3n2C)CC1. The Morgan fingerprint density at radius 3 is 2.50 bits per heavy atom. The molecule has 2 aromatic rings. The van der Waals surface area contributed by atoms with Crippen LogP contribution >= 0.6 is 0 Å². The van der Waals surface area contributed by atoms with Gasteiger partial charge in [-0.2, -0.15) is 4.98 Å². The summed E-state index contributed by atoms with van der Waals surface area (Å²) in [6.07, 6.45) is 4.22. The molecule has 0 bridgehead atoms. The van der Waals surface area contributed by atoms with Gasteiger partial charge in [0, 0.05) is 20.1 Å². The lowest BCUT2D eigenvalue weighted by Crippen LogP contribution is -2.30. The third-order valence-electron chi connectivity index (χ3n) is 5.41. The zero-order chi connectivity index (χ0) is 21.8. The number of aromatic nitrogens is 2. The first-order chi connectivity index (χ1) is 14.2. The van der Waals surface area contributed by atoms with Crippen molar-refractivity contribution < 1.29 is 23.4 Å². The van der Waals surface area contributed by atoms with E-state index in [4.69, 9.17) is 14.2 Å². The maximum Gasteiger partial charge on any atom is 0.297 e. The molecule has 1 fully saturated rings. The van der Waals surface area contributed by atoms with Gasteiger partial charge in [-0.3, -0.25) is 4.57 Å². The Bertz CT molecular complexity index is 872. The molecule has 3 rings (SSSR count). The van der Waals surface area contributed by atoms with E-state index >= 15 is 0 Å². The number of imidazole rings is 1. The molecule has 1 aliphatic carbocycles. The third-order valence-corrected chi connectivity index (χ3v) is 5.41. The van der Waals surface area contributed by atoms with E-state index in [1.54, 1.807) is 30.7 Å². The van der Waals surface area contributed by atoms with Crippen LogP contribution in [0.3, 0.4) is 0 Å². The van der Waals surface area contributed by atoms with Crippen molar-refractivity contribution in [2.24, 2.45) is 13.0 Å². The van der Waals surface area contributed by atoms with Gasteiger partial charge < -0.3 is 19.0 Å². The smallest absolute Gasteiger partial charge is 0.297 e. The molecule has 0 radical (unpaired) electrons. The van der Waals surface area contributed by atoms with Crippen molar-refractivity contribution in [3.05, 3.63) is 17.9 Å². The van der Waals surface area contributed by atoms with Crippen LogP contribution in [0, 0.1) is 11.7 Å². The molecular weight excluding hydrogens is 387 g/mol. The van der Waals surface area contributed by atoms with Crippen molar-refractivity contribution in [3.63, 3.8) is 0 Å². The van der Waals surface area contributed by atoms with Crippen LogP contribution in [0.25, 0.3) is 11.0 Å². The standard InChI is InChI=1S/C23H33FN2O4/c1-14(2)29-20-11-10-19-22(21(20)24)26(5)23(25-19)30-18-8-6-17(7-9-18)28-13-15(3)12-16(4)27/h10-11,14-15,17-18H,6-9,12-13H2,1-5H3/t15-,17?,18?/m1/s1. The van der Waals surface area contributed by atoms with Crippen LogP contribution in [0.15, 0.2) is 12.1 Å². The Labute approximate surface area is 177 Å². The predicted octanol–water partition coefficient (Wildman–Crippen LogP) is 4.82. The Morgan fingerprint density at radius 1 is 1.20 bits per heavy atom. The van der Waals surface area contributed by atoms with E-state index in [0.717, 1.165) is 25.7 Å². The fourth-order valence-electron chi connectivity index (χ4n) is 3.99. The van der Waals surface area contributed by atoms with Crippen LogP contribution < -0.4 is 9.47 Å². The highest BCUT2D eigenvalue weighted by atomic mass is 19.1. The zero-order valence-corrected chi connectivity index (χ0v) is 18.6. The van der Waals surface area contributed by atoms with Gasteiger partial charge in [-0.05, 0) is 64.5 Å². The summed E-state index contributed by atoms with van der Waals surface area (Å²) in [5.41, 5.74) is 0.942. The number of Topliss-reactive ketones (excluding diaryl/α,β-unsaturated/α-hetero) is 1. The first-order valence-electron chi connectivity index (χ1n) is 10.8. The molecule has 0 spiro atoms. The number of hydrogen-bond acceptors (Lipinski definition) is 5. The highest BCUT2D eigenvalue weighted by Crippen LogP contribution is 2.31. The number of carbonyl (C=O) groups excluding carboxylic acids is 1. The van der Waals surface area contributed by atoms with Crippen LogP contribution in [0.1, 0.15) is 59.8 Å². The predicted molar refractivity (Wildman–Crippen MR) is 114 cm³/mol. The molecule has 30 heavy (non-hydrogen) atoms. The summed E-state index contributed by atoms with van der Waals surface area (Å²) in [5.74, 6) is 0.257. The van der Waals surface area contributed by atoms with E-state index in [-0.39, 0.29) is 35.8 Å². The quantitative estimate of drug-likeness (QED) is 0.582. The van der Waals surface area contributed by atoms with Crippen LogP contribution in [0.2, 0.25) is 0 Å². The van der Waals surface area contributed by atoms with E-state index in [1.807, 2.05) is 20.8 Å². The minimum absolute atomic E-state index is 0.0319. The summed E-state index contributed by atoms with van der Waals surface area (Å²) < 4.78 is 34.2. The number of rotatable bonds is 9. The average Bonchev–Trinajstić information content (AvgIpc) is 2.99. The molecule has 7 heteroatoms. The topological polar surface area (TPSA) is 62.6 Å². The number of hydrogen-bond donors (Lipinski definition) is 0. The molecule has 0 N–H and O–H groups in total. The molecule has 1 saturated carbocycles. The Morgan fingerprint density at radius 2 is 1.87 bits per heavy atom. The molecule has 0 amide bonds. The number of ether oxygens (including phenoxy) is 3. The molecule has 0 saturated heterocycles. The second-order valence-corrected chi connectivity index (χ2v) is 8.73. The van der Waals surface area contributed by atoms with E-state index in [0.29, 0.717) is 30.1 Å². The average molecular weight is 421 g/mol. The minimum atomic E-state index is -0.414. The first-order valence-corrected chi connectivity index (χ1v) is 10.8. The summed E-state index contributed by atoms with van der Waals surface area (Å²) in [5, 5.41) is 0. The van der Waals surface area contributed by atoms with E-state index < -0.39 is 5.82 Å². The van der Waals surface area contributed by atoms with Gasteiger partial charge >= 0.3 is 0 Å². The summed E-state index contributed by atoms with van der Waals surface area (Å²) in [4.78, 5) is 15.7. The molecule has 1 heterocycles. The van der Waals surface area contributed by atoms with Gasteiger partial charge in [0.15, 0.2) is 11.6 Å². The lowest BCUT2D eigenvalue weighted by molar-refractivity contribution is -0.118. The Kier molecular flexibility index (Phi) is 7.34. The highest BCUT2D eigenvalue weighted by molar-refractivity contribution is 5.79. The fourth-order valence-corrected chi connectivity index (χ4v) is 3.99. The van der Waals surface area contributed by atoms with E-state index in [2.05, 4.69) is 4.98 Å². The Hall–Kier alpha value is -2.15. The second kappa shape index (κ2) is 9.77. The van der Waals surface area contributed by atoms with Crippen LogP contribution in [-0.4, -0.2) is 40.3 Å². The fraction of sp³-hybridized carbons (Fsp3) is 0.652. The highest BCUT2D eigenvalue weighted by Gasteiger charge is 2.26. The number of aryl methyl sites for hydroxylation is 1. The van der Waals surface area contributed by atoms with E-state index in [9.17, 15) is 9.18 Å². The first kappa shape index (κ1) is 22.5. The van der Waals surface area contributed by atoms with Gasteiger partial charge in [-0.1, -0.05) is 6.92 Å². The summed E-state index contributed by atoms with van der Waals surface area (Å²) in [6, 6.07) is 3.80. The van der Waals surface area contributed by atoms with Crippen molar-refractivity contribution >= 4 is 16.8 Å². The van der Waals surface area contributed by atoms with Crippen molar-refractivity contribution in [2.45, 2.75) is 78.1 Å². The third kappa shape index (κ3) is 5.50. The van der Waals surface area contributed by atoms with Gasteiger partial charge in [0.25, 0.3) is 6.01 Å². The number of nitrogens with zero attached hydrogens (tertiary/aromatic N) is 2. The van der Waals surface area contributed by atoms with Crippen molar-refractivity contribution in [3.8, 4) is 11.8 Å².